The van der Waals surface area contributed by atoms with E-state index >= 15 is 0 Å². The molecule has 10 rings (SSSR count). The number of amidine groups is 2. The molecular formula is C50H41N5. The van der Waals surface area contributed by atoms with E-state index in [1.54, 1.807) is 0 Å². The Labute approximate surface area is 323 Å². The Balaban J connectivity index is 1.07. The zero-order valence-electron chi connectivity index (χ0n) is 31.0. The van der Waals surface area contributed by atoms with Crippen LogP contribution in [-0.4, -0.2) is 11.7 Å². The summed E-state index contributed by atoms with van der Waals surface area (Å²) in [5.41, 5.74) is 15.4. The summed E-state index contributed by atoms with van der Waals surface area (Å²) < 4.78 is 0. The van der Waals surface area contributed by atoms with Crippen molar-refractivity contribution in [1.82, 2.24) is 5.32 Å². The number of hydrogen-bond acceptors (Lipinski definition) is 5. The zero-order chi connectivity index (χ0) is 36.9. The van der Waals surface area contributed by atoms with Crippen LogP contribution in [0.5, 0.6) is 0 Å². The van der Waals surface area contributed by atoms with Gasteiger partial charge in [-0.15, -0.1) is 0 Å². The molecule has 3 aliphatic rings. The highest BCUT2D eigenvalue weighted by molar-refractivity contribution is 6.15. The van der Waals surface area contributed by atoms with Crippen LogP contribution in [0.1, 0.15) is 59.0 Å². The lowest BCUT2D eigenvalue weighted by Crippen LogP contribution is -2.36. The van der Waals surface area contributed by atoms with Gasteiger partial charge in [-0.1, -0.05) is 141 Å². The van der Waals surface area contributed by atoms with Gasteiger partial charge >= 0.3 is 0 Å². The molecule has 0 radical (unpaired) electrons. The zero-order valence-corrected chi connectivity index (χ0v) is 31.0. The predicted molar refractivity (Wildman–Crippen MR) is 227 cm³/mol. The van der Waals surface area contributed by atoms with Crippen molar-refractivity contribution < 1.29 is 0 Å². The second-order valence-electron chi connectivity index (χ2n) is 15.0. The molecule has 3 aliphatic heterocycles. The Morgan fingerprint density at radius 1 is 0.473 bits per heavy atom. The molecule has 7 aromatic rings. The highest BCUT2D eigenvalue weighted by Gasteiger charge is 2.38. The number of fused-ring (bicyclic) bond motifs is 4. The Morgan fingerprint density at radius 2 is 0.945 bits per heavy atom. The molecule has 0 spiro atoms. The summed E-state index contributed by atoms with van der Waals surface area (Å²) in [6.07, 6.45) is 1.65. The van der Waals surface area contributed by atoms with Crippen LogP contribution in [-0.2, 0) is 18.3 Å². The first-order chi connectivity index (χ1) is 27.0. The summed E-state index contributed by atoms with van der Waals surface area (Å²) in [5, 5.41) is 3.51. The molecule has 7 aromatic carbocycles. The van der Waals surface area contributed by atoms with Gasteiger partial charge in [0.25, 0.3) is 0 Å². The summed E-state index contributed by atoms with van der Waals surface area (Å²) in [5.74, 6) is 1.63. The summed E-state index contributed by atoms with van der Waals surface area (Å²) in [4.78, 5) is 15.1. The topological polar surface area (TPSA) is 43.2 Å². The van der Waals surface area contributed by atoms with Gasteiger partial charge in [0.15, 0.2) is 6.17 Å². The molecule has 55 heavy (non-hydrogen) atoms. The third-order valence-corrected chi connectivity index (χ3v) is 11.4. The smallest absolute Gasteiger partial charge is 0.169 e. The molecule has 0 unspecified atom stereocenters. The molecule has 0 saturated heterocycles. The summed E-state index contributed by atoms with van der Waals surface area (Å²) in [7, 11) is 0. The van der Waals surface area contributed by atoms with Crippen molar-refractivity contribution in [3.63, 3.8) is 0 Å². The number of benzene rings is 7. The predicted octanol–water partition coefficient (Wildman–Crippen LogP) is 11.9. The highest BCUT2D eigenvalue weighted by atomic mass is 15.2. The number of para-hydroxylation sites is 3. The number of nitrogens with one attached hydrogen (secondary N) is 1. The molecule has 0 atom stereocenters. The monoisotopic (exact) mass is 711 g/mol. The van der Waals surface area contributed by atoms with E-state index in [0.717, 1.165) is 46.9 Å². The van der Waals surface area contributed by atoms with Gasteiger partial charge in [0.2, 0.25) is 0 Å². The van der Waals surface area contributed by atoms with Crippen LogP contribution in [0.4, 0.5) is 34.1 Å². The number of aryl methyl sites for hydroxylation is 2. The molecule has 3 heterocycles. The maximum Gasteiger partial charge on any atom is 0.169 e. The molecule has 1 N–H and O–H groups in total. The van der Waals surface area contributed by atoms with Gasteiger partial charge in [-0.2, -0.15) is 0 Å². The highest BCUT2D eigenvalue weighted by Crippen LogP contribution is 2.54. The summed E-state index contributed by atoms with van der Waals surface area (Å²) >= 11 is 0. The van der Waals surface area contributed by atoms with Crippen LogP contribution >= 0.6 is 0 Å². The Bertz CT molecular complexity index is 2500. The van der Waals surface area contributed by atoms with E-state index in [0.29, 0.717) is 0 Å². The molecule has 0 aromatic heterocycles. The van der Waals surface area contributed by atoms with Gasteiger partial charge in [0.1, 0.15) is 11.7 Å². The van der Waals surface area contributed by atoms with Gasteiger partial charge < -0.3 is 15.1 Å². The molecule has 266 valence electrons. The van der Waals surface area contributed by atoms with Crippen molar-refractivity contribution in [3.8, 4) is 0 Å². The fourth-order valence-electron chi connectivity index (χ4n) is 8.55. The van der Waals surface area contributed by atoms with Gasteiger partial charge in [-0.25, -0.2) is 9.98 Å². The van der Waals surface area contributed by atoms with Crippen molar-refractivity contribution in [2.24, 2.45) is 9.98 Å². The van der Waals surface area contributed by atoms with Gasteiger partial charge in [-0.05, 0) is 89.2 Å². The quantitative estimate of drug-likeness (QED) is 0.193. The van der Waals surface area contributed by atoms with Crippen molar-refractivity contribution in [2.75, 3.05) is 9.80 Å². The minimum absolute atomic E-state index is 0.233. The lowest BCUT2D eigenvalue weighted by atomic mass is 9.73. The fraction of sp³-hybridized carbons (Fsp3) is 0.120. The third-order valence-electron chi connectivity index (χ3n) is 11.4. The van der Waals surface area contributed by atoms with Crippen LogP contribution in [0.2, 0.25) is 0 Å². The Hall–Kier alpha value is -6.72. The standard InChI is InChI=1S/C50H41N5/c1-50(2)41-21-11-14-24-45(41)54(46-32-31-40(33-42(46)50)55-43-22-12-9-15-34(43)25-26-35-16-10-13-23-44(35)55)39-29-27-38(28-30-39)49-52-47(36-17-5-3-6-18-36)51-48(53-49)37-19-7-4-8-20-37/h3-24,27-33,49H,25-26H2,1-2H3,(H,51,52,53). The van der Waals surface area contributed by atoms with Gasteiger partial charge in [0.05, 0.1) is 11.4 Å². The van der Waals surface area contributed by atoms with Crippen LogP contribution < -0.4 is 15.1 Å². The van der Waals surface area contributed by atoms with Gasteiger partial charge in [0, 0.05) is 39.3 Å². The van der Waals surface area contributed by atoms with Gasteiger partial charge in [-0.3, -0.25) is 0 Å². The largest absolute Gasteiger partial charge is 0.324 e. The maximum absolute atomic E-state index is 5.12. The number of anilines is 6. The molecule has 5 nitrogen and oxygen atoms in total. The molecule has 0 aliphatic carbocycles. The third kappa shape index (κ3) is 5.71. The van der Waals surface area contributed by atoms with Crippen LogP contribution in [0.3, 0.4) is 0 Å². The molecule has 5 heteroatoms. The number of rotatable bonds is 5. The molecule has 0 saturated carbocycles. The van der Waals surface area contributed by atoms with Crippen LogP contribution in [0, 0.1) is 0 Å². The fourth-order valence-corrected chi connectivity index (χ4v) is 8.55. The number of aliphatic imine (C=N–C) groups is 2. The van der Waals surface area contributed by atoms with E-state index < -0.39 is 0 Å². The lowest BCUT2D eigenvalue weighted by Gasteiger charge is -2.42. The summed E-state index contributed by atoms with van der Waals surface area (Å²) in [6.45, 7) is 4.72. The molecule has 0 amide bonds. The first-order valence-corrected chi connectivity index (χ1v) is 19.2. The van der Waals surface area contributed by atoms with E-state index in [9.17, 15) is 0 Å². The average Bonchev–Trinajstić information content (AvgIpc) is 3.41. The Kier molecular flexibility index (Phi) is 7.95. The molecular weight excluding hydrogens is 671 g/mol. The van der Waals surface area contributed by atoms with E-state index in [4.69, 9.17) is 9.98 Å². The SMILES string of the molecule is CC1(C)c2ccccc2N(c2ccc(C3N=C(c4ccccc4)NC(c4ccccc4)=N3)cc2)c2ccc(N3c4ccccc4CCc4ccccc43)cc21. The molecule has 0 bridgehead atoms. The number of hydrogen-bond donors (Lipinski definition) is 1. The minimum Gasteiger partial charge on any atom is -0.324 e. The van der Waals surface area contributed by atoms with E-state index in [-0.39, 0.29) is 11.6 Å². The lowest BCUT2D eigenvalue weighted by molar-refractivity contribution is 0.632. The maximum atomic E-state index is 5.12. The van der Waals surface area contributed by atoms with Crippen molar-refractivity contribution in [3.05, 3.63) is 215 Å². The first kappa shape index (κ1) is 32.9. The van der Waals surface area contributed by atoms with E-state index in [1.807, 2.05) is 36.4 Å². The van der Waals surface area contributed by atoms with Crippen LogP contribution in [0.25, 0.3) is 0 Å². The van der Waals surface area contributed by atoms with E-state index in [1.165, 1.54) is 50.7 Å². The van der Waals surface area contributed by atoms with Crippen molar-refractivity contribution in [1.29, 1.82) is 0 Å². The first-order valence-electron chi connectivity index (χ1n) is 19.2. The second-order valence-corrected chi connectivity index (χ2v) is 15.0. The van der Waals surface area contributed by atoms with Crippen LogP contribution in [0.15, 0.2) is 186 Å². The van der Waals surface area contributed by atoms with Crippen molar-refractivity contribution in [2.45, 2.75) is 38.3 Å². The summed E-state index contributed by atoms with van der Waals surface area (Å²) in [6, 6.07) is 63.1. The Morgan fingerprint density at radius 3 is 1.55 bits per heavy atom. The minimum atomic E-state index is -0.387. The number of nitrogens with zero attached hydrogens (tertiary/aromatic N) is 4. The molecule has 0 fully saturated rings. The normalized spacial score (nSPS) is 15.7. The van der Waals surface area contributed by atoms with E-state index in [2.05, 4.69) is 168 Å². The van der Waals surface area contributed by atoms with Crippen molar-refractivity contribution >= 4 is 45.8 Å². The average molecular weight is 712 g/mol. The second kappa shape index (κ2) is 13.3.